The smallest absolute Gasteiger partial charge is 0.109 e. The van der Waals surface area contributed by atoms with Gasteiger partial charge in [-0.3, -0.25) is 0 Å². The minimum absolute atomic E-state index is 0.352. The van der Waals surface area contributed by atoms with Gasteiger partial charge < -0.3 is 11.1 Å². The van der Waals surface area contributed by atoms with Crippen LogP contribution < -0.4 is 11.1 Å². The highest BCUT2D eigenvalue weighted by Gasteiger charge is 2.27. The fourth-order valence-corrected chi connectivity index (χ4v) is 2.69. The largest absolute Gasteiger partial charge is 0.327 e. The Morgan fingerprint density at radius 1 is 1.62 bits per heavy atom. The van der Waals surface area contributed by atoms with Crippen molar-refractivity contribution in [1.82, 2.24) is 10.3 Å². The van der Waals surface area contributed by atoms with E-state index in [1.54, 1.807) is 11.3 Å². The van der Waals surface area contributed by atoms with Gasteiger partial charge in [0.25, 0.3) is 0 Å². The van der Waals surface area contributed by atoms with E-state index in [9.17, 15) is 0 Å². The van der Waals surface area contributed by atoms with Gasteiger partial charge in [-0.25, -0.2) is 4.98 Å². The number of nitrogens with zero attached hydrogens (tertiary/aromatic N) is 1. The maximum absolute atomic E-state index is 6.05. The molecule has 1 aliphatic rings. The Morgan fingerprint density at radius 2 is 2.38 bits per heavy atom. The molecule has 1 aromatic heterocycles. The average Bonchev–Trinajstić information content (AvgIpc) is 3.01. The molecular formula is C12H21N3S. The van der Waals surface area contributed by atoms with Crippen molar-refractivity contribution in [3.8, 4) is 0 Å². The Labute approximate surface area is 101 Å². The molecule has 2 unspecified atom stereocenters. The molecule has 2 atom stereocenters. The molecule has 4 heteroatoms. The van der Waals surface area contributed by atoms with Gasteiger partial charge in [0.15, 0.2) is 0 Å². The van der Waals surface area contributed by atoms with Crippen LogP contribution in [-0.2, 0) is 0 Å². The molecule has 1 saturated carbocycles. The van der Waals surface area contributed by atoms with Gasteiger partial charge in [-0.05, 0) is 45.6 Å². The van der Waals surface area contributed by atoms with Crippen molar-refractivity contribution in [2.24, 2.45) is 11.7 Å². The van der Waals surface area contributed by atoms with Crippen LogP contribution in [0.4, 0.5) is 0 Å². The van der Waals surface area contributed by atoms with Crippen LogP contribution in [-0.4, -0.2) is 17.6 Å². The summed E-state index contributed by atoms with van der Waals surface area (Å²) in [5, 5.41) is 4.67. The number of rotatable bonds is 6. The zero-order valence-corrected chi connectivity index (χ0v) is 10.9. The summed E-state index contributed by atoms with van der Waals surface area (Å²) in [6.45, 7) is 5.26. The third-order valence-corrected chi connectivity index (χ3v) is 4.26. The van der Waals surface area contributed by atoms with Crippen LogP contribution in [0.2, 0.25) is 0 Å². The van der Waals surface area contributed by atoms with Crippen LogP contribution in [0.5, 0.6) is 0 Å². The van der Waals surface area contributed by atoms with E-state index in [0.29, 0.717) is 12.1 Å². The molecule has 1 aliphatic carbocycles. The lowest BCUT2D eigenvalue weighted by Gasteiger charge is -2.14. The quantitative estimate of drug-likeness (QED) is 0.800. The number of nitrogens with one attached hydrogen (secondary N) is 1. The Hall–Kier alpha value is -0.450. The van der Waals surface area contributed by atoms with E-state index in [2.05, 4.69) is 24.1 Å². The molecule has 1 fully saturated rings. The van der Waals surface area contributed by atoms with Crippen LogP contribution in [0.3, 0.4) is 0 Å². The first kappa shape index (κ1) is 12.0. The van der Waals surface area contributed by atoms with Gasteiger partial charge in [0.2, 0.25) is 0 Å². The van der Waals surface area contributed by atoms with Crippen LogP contribution in [0.15, 0.2) is 6.20 Å². The molecule has 0 aromatic carbocycles. The summed E-state index contributed by atoms with van der Waals surface area (Å²) in [5.74, 6) is 0.805. The molecule has 0 bridgehead atoms. The second-order valence-corrected chi connectivity index (χ2v) is 6.04. The molecule has 3 N–H and O–H groups in total. The molecule has 90 valence electrons. The molecule has 1 aromatic rings. The van der Waals surface area contributed by atoms with Gasteiger partial charge in [-0.2, -0.15) is 0 Å². The first-order valence-electron chi connectivity index (χ1n) is 6.08. The molecule has 2 rings (SSSR count). The van der Waals surface area contributed by atoms with E-state index in [1.165, 1.54) is 22.7 Å². The zero-order chi connectivity index (χ0) is 11.5. The van der Waals surface area contributed by atoms with Crippen molar-refractivity contribution in [2.45, 2.75) is 45.2 Å². The molecule has 1 heterocycles. The maximum atomic E-state index is 6.05. The van der Waals surface area contributed by atoms with E-state index < -0.39 is 0 Å². The Bertz CT molecular complexity index is 333. The van der Waals surface area contributed by atoms with Crippen molar-refractivity contribution < 1.29 is 0 Å². The number of thiazole rings is 1. The second kappa shape index (κ2) is 5.25. The Morgan fingerprint density at radius 3 is 2.94 bits per heavy atom. The number of hydrogen-bond acceptors (Lipinski definition) is 4. The predicted octanol–water partition coefficient (Wildman–Crippen LogP) is 2.23. The summed E-state index contributed by atoms with van der Waals surface area (Å²) < 4.78 is 0. The highest BCUT2D eigenvalue weighted by Crippen LogP contribution is 2.32. The summed E-state index contributed by atoms with van der Waals surface area (Å²) in [6.07, 6.45) is 5.69. The van der Waals surface area contributed by atoms with Gasteiger partial charge in [0.05, 0.1) is 6.04 Å². The zero-order valence-electron chi connectivity index (χ0n) is 10.1. The lowest BCUT2D eigenvalue weighted by molar-refractivity contribution is 0.486. The van der Waals surface area contributed by atoms with Gasteiger partial charge >= 0.3 is 0 Å². The number of aromatic nitrogens is 1. The molecule has 16 heavy (non-hydrogen) atoms. The van der Waals surface area contributed by atoms with E-state index in [4.69, 9.17) is 5.73 Å². The Kier molecular flexibility index (Phi) is 3.95. The van der Waals surface area contributed by atoms with Crippen molar-refractivity contribution in [3.05, 3.63) is 16.1 Å². The van der Waals surface area contributed by atoms with E-state index in [0.717, 1.165) is 18.9 Å². The Balaban J connectivity index is 1.69. The SMILES string of the molecule is Cc1cnc(C(C)NCCC(N)C2CC2)s1. The predicted molar refractivity (Wildman–Crippen MR) is 68.6 cm³/mol. The first-order valence-corrected chi connectivity index (χ1v) is 6.89. The lowest BCUT2D eigenvalue weighted by Crippen LogP contribution is -2.29. The third kappa shape index (κ3) is 3.27. The van der Waals surface area contributed by atoms with Gasteiger partial charge in [0, 0.05) is 17.1 Å². The highest BCUT2D eigenvalue weighted by atomic mass is 32.1. The molecule has 0 saturated heterocycles. The third-order valence-electron chi connectivity index (χ3n) is 3.17. The second-order valence-electron chi connectivity index (χ2n) is 4.77. The van der Waals surface area contributed by atoms with E-state index >= 15 is 0 Å². The van der Waals surface area contributed by atoms with Crippen LogP contribution in [0, 0.1) is 12.8 Å². The fourth-order valence-electron chi connectivity index (χ4n) is 1.89. The summed E-state index contributed by atoms with van der Waals surface area (Å²) in [6, 6.07) is 0.753. The summed E-state index contributed by atoms with van der Waals surface area (Å²) >= 11 is 1.77. The van der Waals surface area contributed by atoms with E-state index in [-0.39, 0.29) is 0 Å². The summed E-state index contributed by atoms with van der Waals surface area (Å²) in [5.41, 5.74) is 6.05. The minimum Gasteiger partial charge on any atom is -0.327 e. The van der Waals surface area contributed by atoms with Crippen LogP contribution in [0.1, 0.15) is 42.1 Å². The highest BCUT2D eigenvalue weighted by molar-refractivity contribution is 7.11. The lowest BCUT2D eigenvalue weighted by atomic mass is 10.1. The van der Waals surface area contributed by atoms with Gasteiger partial charge in [-0.15, -0.1) is 11.3 Å². The fraction of sp³-hybridized carbons (Fsp3) is 0.750. The van der Waals surface area contributed by atoms with Crippen molar-refractivity contribution >= 4 is 11.3 Å². The van der Waals surface area contributed by atoms with Crippen LogP contribution in [0.25, 0.3) is 0 Å². The van der Waals surface area contributed by atoms with Gasteiger partial charge in [0.1, 0.15) is 5.01 Å². The maximum Gasteiger partial charge on any atom is 0.109 e. The monoisotopic (exact) mass is 239 g/mol. The summed E-state index contributed by atoms with van der Waals surface area (Å²) in [7, 11) is 0. The first-order chi connectivity index (χ1) is 7.66. The number of nitrogens with two attached hydrogens (primary N) is 1. The molecule has 0 amide bonds. The molecule has 3 nitrogen and oxygen atoms in total. The van der Waals surface area contributed by atoms with Crippen molar-refractivity contribution in [3.63, 3.8) is 0 Å². The topological polar surface area (TPSA) is 50.9 Å². The molecule has 0 spiro atoms. The average molecular weight is 239 g/mol. The van der Waals surface area contributed by atoms with Crippen LogP contribution >= 0.6 is 11.3 Å². The minimum atomic E-state index is 0.352. The normalized spacial score (nSPS) is 19.7. The van der Waals surface area contributed by atoms with Crippen molar-refractivity contribution in [2.75, 3.05) is 6.54 Å². The summed E-state index contributed by atoms with van der Waals surface area (Å²) in [4.78, 5) is 5.66. The standard InChI is InChI=1S/C12H21N3S/c1-8-7-15-12(16-8)9(2)14-6-5-11(13)10-3-4-10/h7,9-11,14H,3-6,13H2,1-2H3. The molecule has 0 radical (unpaired) electrons. The number of hydrogen-bond donors (Lipinski definition) is 2. The molecule has 0 aliphatic heterocycles. The van der Waals surface area contributed by atoms with Gasteiger partial charge in [-0.1, -0.05) is 0 Å². The number of aryl methyl sites for hydroxylation is 1. The van der Waals surface area contributed by atoms with E-state index in [1.807, 2.05) is 6.20 Å². The van der Waals surface area contributed by atoms with Crippen molar-refractivity contribution in [1.29, 1.82) is 0 Å². The molecular weight excluding hydrogens is 218 g/mol.